The van der Waals surface area contributed by atoms with E-state index in [4.69, 9.17) is 16.5 Å². The number of nitrogens with one attached hydrogen (secondary N) is 1. The second-order valence-electron chi connectivity index (χ2n) is 5.85. The predicted octanol–water partition coefficient (Wildman–Crippen LogP) is 4.23. The van der Waals surface area contributed by atoms with E-state index in [1.807, 2.05) is 12.1 Å². The van der Waals surface area contributed by atoms with Crippen LogP contribution in [0.25, 0.3) is 0 Å². The number of halogens is 1. The van der Waals surface area contributed by atoms with Crippen LogP contribution >= 0.6 is 11.8 Å². The molecule has 2 rings (SSSR count). The van der Waals surface area contributed by atoms with Crippen molar-refractivity contribution in [2.45, 2.75) is 45.6 Å². The monoisotopic (exact) mass is 295 g/mol. The quantitative estimate of drug-likeness (QED) is 0.604. The zero-order valence-corrected chi connectivity index (χ0v) is 12.9. The van der Waals surface area contributed by atoms with Crippen LogP contribution in [-0.4, -0.2) is 12.6 Å². The van der Waals surface area contributed by atoms with Crippen molar-refractivity contribution in [2.24, 2.45) is 5.41 Å². The summed E-state index contributed by atoms with van der Waals surface area (Å²) in [5.41, 5.74) is 2.21. The predicted molar refractivity (Wildman–Crippen MR) is 80.7 cm³/mol. The fraction of sp³-hybridized carbons (Fsp3) is 0.562. The highest BCUT2D eigenvalue weighted by atomic mass is 35.5. The molecule has 0 spiro atoms. The van der Waals surface area contributed by atoms with E-state index in [1.54, 1.807) is 19.1 Å². The number of ether oxygens (including phenoxy) is 1. The van der Waals surface area contributed by atoms with E-state index in [9.17, 15) is 4.79 Å². The number of esters is 1. The van der Waals surface area contributed by atoms with Crippen LogP contribution < -0.4 is 4.84 Å². The molecule has 0 unspecified atom stereocenters. The van der Waals surface area contributed by atoms with Gasteiger partial charge in [0.05, 0.1) is 12.2 Å². The third kappa shape index (κ3) is 3.97. The first kappa shape index (κ1) is 15.3. The van der Waals surface area contributed by atoms with Crippen LogP contribution in [-0.2, 0) is 4.74 Å². The average Bonchev–Trinajstić information content (AvgIpc) is 3.18. The lowest BCUT2D eigenvalue weighted by atomic mass is 9.95. The van der Waals surface area contributed by atoms with E-state index >= 15 is 0 Å². The maximum atomic E-state index is 11.6. The summed E-state index contributed by atoms with van der Waals surface area (Å²) in [7, 11) is 0. The molecular formula is C16H22ClNO2. The average molecular weight is 296 g/mol. The molecule has 1 aromatic rings. The van der Waals surface area contributed by atoms with Gasteiger partial charge in [0.15, 0.2) is 0 Å². The lowest BCUT2D eigenvalue weighted by molar-refractivity contribution is 0.0526. The van der Waals surface area contributed by atoms with Crippen molar-refractivity contribution in [1.82, 2.24) is 4.84 Å². The summed E-state index contributed by atoms with van der Waals surface area (Å²) in [6.07, 6.45) is 4.84. The molecule has 1 N–H and O–H groups in total. The Morgan fingerprint density at radius 1 is 1.40 bits per heavy atom. The van der Waals surface area contributed by atoms with Gasteiger partial charge in [-0.25, -0.2) is 9.63 Å². The first-order valence-corrected chi connectivity index (χ1v) is 7.59. The minimum absolute atomic E-state index is 0.130. The molecule has 1 saturated carbocycles. The van der Waals surface area contributed by atoms with Crippen molar-refractivity contribution in [2.75, 3.05) is 6.61 Å². The van der Waals surface area contributed by atoms with Gasteiger partial charge in [-0.2, -0.15) is 0 Å². The fourth-order valence-corrected chi connectivity index (χ4v) is 2.54. The molecular weight excluding hydrogens is 274 g/mol. The van der Waals surface area contributed by atoms with E-state index in [1.165, 1.54) is 19.3 Å². The van der Waals surface area contributed by atoms with Gasteiger partial charge in [0, 0.05) is 6.04 Å². The molecule has 0 amide bonds. The molecule has 4 heteroatoms. The highest BCUT2D eigenvalue weighted by molar-refractivity contribution is 6.13. The molecule has 20 heavy (non-hydrogen) atoms. The van der Waals surface area contributed by atoms with Gasteiger partial charge in [0.2, 0.25) is 0 Å². The Morgan fingerprint density at radius 2 is 2.05 bits per heavy atom. The SMILES string of the molecule is CCOC(=O)c1ccc([C@H](CCC2(C)CC2)NCl)cc1. The van der Waals surface area contributed by atoms with Gasteiger partial charge in [-0.15, -0.1) is 0 Å². The second-order valence-corrected chi connectivity index (χ2v) is 6.07. The highest BCUT2D eigenvalue weighted by Crippen LogP contribution is 2.49. The van der Waals surface area contributed by atoms with E-state index < -0.39 is 0 Å². The van der Waals surface area contributed by atoms with Crippen LogP contribution in [0.2, 0.25) is 0 Å². The lowest BCUT2D eigenvalue weighted by Crippen LogP contribution is -2.13. The summed E-state index contributed by atoms with van der Waals surface area (Å²) in [4.78, 5) is 14.4. The van der Waals surface area contributed by atoms with E-state index in [0.29, 0.717) is 17.6 Å². The van der Waals surface area contributed by atoms with Gasteiger partial charge >= 0.3 is 5.97 Å². The number of benzene rings is 1. The molecule has 1 atom stereocenters. The first-order chi connectivity index (χ1) is 9.58. The summed E-state index contributed by atoms with van der Waals surface area (Å²) >= 11 is 5.86. The largest absolute Gasteiger partial charge is 0.462 e. The van der Waals surface area contributed by atoms with E-state index in [2.05, 4.69) is 11.8 Å². The number of carbonyl (C=O) groups excluding carboxylic acids is 1. The summed E-state index contributed by atoms with van der Waals surface area (Å²) < 4.78 is 4.97. The molecule has 0 bridgehead atoms. The van der Waals surface area contributed by atoms with Gasteiger partial charge in [-0.05, 0) is 67.5 Å². The summed E-state index contributed by atoms with van der Waals surface area (Å²) in [5, 5.41) is 0. The van der Waals surface area contributed by atoms with Gasteiger partial charge < -0.3 is 4.74 Å². The van der Waals surface area contributed by atoms with Crippen LogP contribution in [0.4, 0.5) is 0 Å². The number of hydrogen-bond donors (Lipinski definition) is 1. The fourth-order valence-electron chi connectivity index (χ4n) is 2.31. The number of hydrogen-bond acceptors (Lipinski definition) is 3. The molecule has 0 heterocycles. The maximum absolute atomic E-state index is 11.6. The molecule has 0 aromatic heterocycles. The smallest absolute Gasteiger partial charge is 0.338 e. The zero-order chi connectivity index (χ0) is 14.6. The molecule has 110 valence electrons. The summed E-state index contributed by atoms with van der Waals surface area (Å²) in [6.45, 7) is 4.52. The van der Waals surface area contributed by atoms with Crippen molar-refractivity contribution in [3.63, 3.8) is 0 Å². The summed E-state index contributed by atoms with van der Waals surface area (Å²) in [5.74, 6) is -0.278. The van der Waals surface area contributed by atoms with Crippen LogP contribution in [0, 0.1) is 5.41 Å². The van der Waals surface area contributed by atoms with Gasteiger partial charge in [-0.1, -0.05) is 19.1 Å². The van der Waals surface area contributed by atoms with Crippen molar-refractivity contribution >= 4 is 17.7 Å². The molecule has 3 nitrogen and oxygen atoms in total. The van der Waals surface area contributed by atoms with Crippen molar-refractivity contribution < 1.29 is 9.53 Å². The van der Waals surface area contributed by atoms with Crippen molar-refractivity contribution in [3.05, 3.63) is 35.4 Å². The third-order valence-corrected chi connectivity index (χ3v) is 4.36. The molecule has 0 radical (unpaired) electrons. The molecule has 1 aliphatic rings. The molecule has 1 aromatic carbocycles. The van der Waals surface area contributed by atoms with Crippen LogP contribution in [0.5, 0.6) is 0 Å². The number of rotatable bonds is 7. The summed E-state index contributed by atoms with van der Waals surface area (Å²) in [6, 6.07) is 7.62. The van der Waals surface area contributed by atoms with Crippen molar-refractivity contribution in [1.29, 1.82) is 0 Å². The van der Waals surface area contributed by atoms with Crippen LogP contribution in [0.1, 0.15) is 61.5 Å². The van der Waals surface area contributed by atoms with E-state index in [-0.39, 0.29) is 12.0 Å². The minimum Gasteiger partial charge on any atom is -0.462 e. The van der Waals surface area contributed by atoms with Crippen LogP contribution in [0.3, 0.4) is 0 Å². The van der Waals surface area contributed by atoms with Crippen LogP contribution in [0.15, 0.2) is 24.3 Å². The Bertz CT molecular complexity index is 454. The Balaban J connectivity index is 1.97. The Hall–Kier alpha value is -1.06. The molecule has 0 saturated heterocycles. The van der Waals surface area contributed by atoms with E-state index in [0.717, 1.165) is 12.0 Å². The lowest BCUT2D eigenvalue weighted by Gasteiger charge is -2.17. The second kappa shape index (κ2) is 6.59. The normalized spacial score (nSPS) is 17.6. The highest BCUT2D eigenvalue weighted by Gasteiger charge is 2.37. The maximum Gasteiger partial charge on any atom is 0.338 e. The first-order valence-electron chi connectivity index (χ1n) is 7.21. The molecule has 1 aliphatic carbocycles. The Labute approximate surface area is 125 Å². The zero-order valence-electron chi connectivity index (χ0n) is 12.1. The molecule has 1 fully saturated rings. The Morgan fingerprint density at radius 3 is 2.55 bits per heavy atom. The van der Waals surface area contributed by atoms with Gasteiger partial charge in [0.25, 0.3) is 0 Å². The van der Waals surface area contributed by atoms with Gasteiger partial charge in [0.1, 0.15) is 0 Å². The number of carbonyl (C=O) groups is 1. The standard InChI is InChI=1S/C16H22ClNO2/c1-3-20-15(19)13-6-4-12(5-7-13)14(18-17)8-9-16(2)10-11-16/h4-7,14,18H,3,8-11H2,1-2H3/t14-/m0/s1. The van der Waals surface area contributed by atoms with Crippen molar-refractivity contribution in [3.8, 4) is 0 Å². The molecule has 0 aliphatic heterocycles. The minimum atomic E-state index is -0.278. The third-order valence-electron chi connectivity index (χ3n) is 4.10. The Kier molecular flexibility index (Phi) is 5.06. The van der Waals surface area contributed by atoms with Gasteiger partial charge in [-0.3, -0.25) is 0 Å². The topological polar surface area (TPSA) is 38.3 Å².